The molecule has 47 heavy (non-hydrogen) atoms. The van der Waals surface area contributed by atoms with Gasteiger partial charge in [0.2, 0.25) is 0 Å². The molecule has 6 heteroatoms. The van der Waals surface area contributed by atoms with Crippen molar-refractivity contribution in [1.29, 1.82) is 0 Å². The van der Waals surface area contributed by atoms with Crippen LogP contribution in [-0.4, -0.2) is 28.3 Å². The van der Waals surface area contributed by atoms with Gasteiger partial charge in [-0.2, -0.15) is 0 Å². The van der Waals surface area contributed by atoms with E-state index in [9.17, 15) is 0 Å². The molecule has 0 atom stereocenters. The zero-order valence-electron chi connectivity index (χ0n) is 27.4. The summed E-state index contributed by atoms with van der Waals surface area (Å²) >= 11 is 0. The molecule has 1 radical (unpaired) electrons. The summed E-state index contributed by atoms with van der Waals surface area (Å²) in [4.78, 5) is 9.22. The smallest absolute Gasteiger partial charge is 0.400 e. The number of fused-ring (bicyclic) bond motifs is 4. The molecule has 0 unspecified atom stereocenters. The number of aromatic nitrogens is 2. The minimum Gasteiger partial charge on any atom is -0.400 e. The standard InChI is InChI=1S/C23H24N.C17H19BNO2.CH4.Ir/c1-3-15-4-2-14(1)19-10-9-18(11-20(15)19)23-12-21-16-5-7-17(8-6-16)22(21)13-24-23;1-16(2)17(3,4)21-18(20-16)14-9-7-8-13(12-14)15-10-5-6-11-19-15;;/h10-17H,1-8H2;5-7,9-12H,1-4H3;1H4;/q2*-1;;. The van der Waals surface area contributed by atoms with E-state index in [1.807, 2.05) is 36.4 Å². The molecule has 4 aromatic rings. The predicted octanol–water partition coefficient (Wildman–Crippen LogP) is 9.54. The molecule has 1 aliphatic heterocycles. The molecule has 7 aliphatic rings. The van der Waals surface area contributed by atoms with Gasteiger partial charge in [-0.05, 0) is 113 Å². The maximum Gasteiger partial charge on any atom is 0.475 e. The molecular weight excluding hydrogens is 755 g/mol. The van der Waals surface area contributed by atoms with Crippen LogP contribution >= 0.6 is 0 Å². The van der Waals surface area contributed by atoms with Gasteiger partial charge in [-0.1, -0.05) is 44.4 Å². The molecular formula is C41H47BIrN2O2-2. The van der Waals surface area contributed by atoms with Crippen molar-refractivity contribution < 1.29 is 29.4 Å². The monoisotopic (exact) mass is 803 g/mol. The number of benzene rings is 2. The van der Waals surface area contributed by atoms with Crippen LogP contribution in [-0.2, 0) is 29.4 Å². The first-order chi connectivity index (χ1) is 21.8. The van der Waals surface area contributed by atoms with Crippen LogP contribution in [0, 0.1) is 12.1 Å². The van der Waals surface area contributed by atoms with Crippen molar-refractivity contribution in [2.75, 3.05) is 0 Å². The molecule has 2 aromatic carbocycles. The van der Waals surface area contributed by atoms with Gasteiger partial charge in [-0.25, -0.2) is 0 Å². The molecule has 4 bridgehead atoms. The molecule has 0 N–H and O–H groups in total. The van der Waals surface area contributed by atoms with Crippen molar-refractivity contribution in [3.63, 3.8) is 0 Å². The summed E-state index contributed by atoms with van der Waals surface area (Å²) in [5, 5.41) is 0. The molecule has 2 saturated carbocycles. The van der Waals surface area contributed by atoms with Crippen LogP contribution in [0.4, 0.5) is 0 Å². The molecule has 11 rings (SSSR count). The summed E-state index contributed by atoms with van der Waals surface area (Å²) in [7, 11) is -0.355. The quantitative estimate of drug-likeness (QED) is 0.153. The second kappa shape index (κ2) is 13.4. The normalized spacial score (nSPS) is 25.4. The second-order valence-corrected chi connectivity index (χ2v) is 14.9. The Balaban J connectivity index is 0.000000159. The van der Waals surface area contributed by atoms with Crippen molar-refractivity contribution in [2.45, 2.75) is 121 Å². The van der Waals surface area contributed by atoms with Gasteiger partial charge < -0.3 is 19.3 Å². The molecule has 2 aromatic heterocycles. The van der Waals surface area contributed by atoms with Crippen molar-refractivity contribution in [1.82, 2.24) is 9.97 Å². The topological polar surface area (TPSA) is 44.2 Å². The summed E-state index contributed by atoms with van der Waals surface area (Å²) in [5.41, 5.74) is 10.9. The number of nitrogens with zero attached hydrogens (tertiary/aromatic N) is 2. The van der Waals surface area contributed by atoms with E-state index in [0.717, 1.165) is 46.1 Å². The van der Waals surface area contributed by atoms with Crippen LogP contribution in [0.25, 0.3) is 22.5 Å². The van der Waals surface area contributed by atoms with Gasteiger partial charge in [-0.3, -0.25) is 0 Å². The maximum atomic E-state index is 6.08. The van der Waals surface area contributed by atoms with Crippen LogP contribution in [0.2, 0.25) is 0 Å². The predicted molar refractivity (Wildman–Crippen MR) is 187 cm³/mol. The first kappa shape index (κ1) is 34.2. The van der Waals surface area contributed by atoms with Crippen LogP contribution in [0.3, 0.4) is 0 Å². The molecule has 6 aliphatic carbocycles. The van der Waals surface area contributed by atoms with Gasteiger partial charge in [-0.15, -0.1) is 70.2 Å². The average Bonchev–Trinajstić information content (AvgIpc) is 3.32. The molecule has 3 heterocycles. The average molecular weight is 803 g/mol. The SMILES string of the molecule is C.CC1(C)OB(c2cc[c-]c(-c3ccccn3)c2)OC1(C)C.[Ir].[c-]1cc2c(cc1-c1cc3c(cn1)C1CCC3CC1)C1CCC2CC1. The molecule has 247 valence electrons. The third kappa shape index (κ3) is 6.32. The van der Waals surface area contributed by atoms with E-state index in [2.05, 4.69) is 69.2 Å². The fourth-order valence-corrected chi connectivity index (χ4v) is 8.41. The number of hydrogen-bond acceptors (Lipinski definition) is 4. The van der Waals surface area contributed by atoms with E-state index in [1.165, 1.54) is 56.9 Å². The first-order valence-electron chi connectivity index (χ1n) is 17.1. The minimum atomic E-state index is -0.355. The summed E-state index contributed by atoms with van der Waals surface area (Å²) in [6, 6.07) is 25.7. The molecule has 0 spiro atoms. The van der Waals surface area contributed by atoms with Crippen LogP contribution in [0.15, 0.2) is 67.0 Å². The second-order valence-electron chi connectivity index (χ2n) is 14.9. The van der Waals surface area contributed by atoms with Gasteiger partial charge in [0.15, 0.2) is 0 Å². The Hall–Kier alpha value is -2.63. The van der Waals surface area contributed by atoms with E-state index in [1.54, 1.807) is 28.5 Å². The first-order valence-corrected chi connectivity index (χ1v) is 17.1. The summed E-state index contributed by atoms with van der Waals surface area (Å²) in [6.45, 7) is 8.23. The Bertz CT molecular complexity index is 1620. The minimum absolute atomic E-state index is 0. The van der Waals surface area contributed by atoms with Crippen molar-refractivity contribution in [3.05, 3.63) is 101 Å². The fraction of sp³-hybridized carbons (Fsp3) is 0.463. The van der Waals surface area contributed by atoms with Crippen LogP contribution < -0.4 is 5.46 Å². The van der Waals surface area contributed by atoms with Crippen LogP contribution in [0.5, 0.6) is 0 Å². The number of hydrogen-bond donors (Lipinski definition) is 0. The van der Waals surface area contributed by atoms with Gasteiger partial charge in [0.1, 0.15) is 0 Å². The zero-order chi connectivity index (χ0) is 30.8. The van der Waals surface area contributed by atoms with Crippen molar-refractivity contribution >= 4 is 12.6 Å². The maximum absolute atomic E-state index is 6.08. The summed E-state index contributed by atoms with van der Waals surface area (Å²) in [6.07, 6.45) is 15.1. The van der Waals surface area contributed by atoms with Crippen molar-refractivity contribution in [2.24, 2.45) is 0 Å². The van der Waals surface area contributed by atoms with E-state index in [0.29, 0.717) is 0 Å². The summed E-state index contributed by atoms with van der Waals surface area (Å²) < 4.78 is 12.2. The fourth-order valence-electron chi connectivity index (χ4n) is 8.41. The largest absolute Gasteiger partial charge is 0.475 e. The number of pyridine rings is 2. The van der Waals surface area contributed by atoms with Crippen LogP contribution in [0.1, 0.15) is 132 Å². The Morgan fingerprint density at radius 1 is 0.660 bits per heavy atom. The Labute approximate surface area is 296 Å². The third-order valence-electron chi connectivity index (χ3n) is 11.8. The third-order valence-corrected chi connectivity index (χ3v) is 11.8. The van der Waals surface area contributed by atoms with Crippen molar-refractivity contribution in [3.8, 4) is 22.5 Å². The van der Waals surface area contributed by atoms with E-state index in [4.69, 9.17) is 14.3 Å². The molecule has 0 amide bonds. The molecule has 1 saturated heterocycles. The Kier molecular flexibility index (Phi) is 9.73. The van der Waals surface area contributed by atoms with Gasteiger partial charge in [0.05, 0.1) is 11.2 Å². The zero-order valence-corrected chi connectivity index (χ0v) is 29.8. The number of rotatable bonds is 3. The Morgan fingerprint density at radius 3 is 1.85 bits per heavy atom. The summed E-state index contributed by atoms with van der Waals surface area (Å²) in [5.74, 6) is 3.18. The van der Waals surface area contributed by atoms with Gasteiger partial charge in [0.25, 0.3) is 0 Å². The van der Waals surface area contributed by atoms with E-state index in [-0.39, 0.29) is 45.9 Å². The molecule has 4 nitrogen and oxygen atoms in total. The van der Waals surface area contributed by atoms with Gasteiger partial charge in [0, 0.05) is 32.5 Å². The Morgan fingerprint density at radius 2 is 1.23 bits per heavy atom. The van der Waals surface area contributed by atoms with E-state index < -0.39 is 0 Å². The van der Waals surface area contributed by atoms with Gasteiger partial charge >= 0.3 is 7.12 Å². The molecule has 3 fully saturated rings. The van der Waals surface area contributed by atoms with E-state index >= 15 is 0 Å².